The number of nitrogens with zero attached hydrogens (tertiary/aromatic N) is 2. The molecule has 0 bridgehead atoms. The van der Waals surface area contributed by atoms with E-state index in [0.29, 0.717) is 12.3 Å². The van der Waals surface area contributed by atoms with Crippen molar-refractivity contribution in [3.8, 4) is 0 Å². The third kappa shape index (κ3) is 7.48. The van der Waals surface area contributed by atoms with Crippen molar-refractivity contribution >= 4 is 5.84 Å². The number of oxime groups is 1. The summed E-state index contributed by atoms with van der Waals surface area (Å²) in [5, 5.41) is 11.4. The minimum Gasteiger partial charge on any atom is -0.409 e. The Hall–Kier alpha value is -0.810. The Labute approximate surface area is 98.2 Å². The van der Waals surface area contributed by atoms with Crippen molar-refractivity contribution in [3.63, 3.8) is 0 Å². The highest BCUT2D eigenvalue weighted by molar-refractivity contribution is 5.80. The van der Waals surface area contributed by atoms with Crippen LogP contribution in [0.5, 0.6) is 0 Å². The minimum absolute atomic E-state index is 0.249. The van der Waals surface area contributed by atoms with E-state index in [1.165, 1.54) is 0 Å². The third-order valence-corrected chi connectivity index (χ3v) is 2.42. The summed E-state index contributed by atoms with van der Waals surface area (Å²) >= 11 is 0. The maximum Gasteiger partial charge on any atom is 0.140 e. The summed E-state index contributed by atoms with van der Waals surface area (Å²) in [6.45, 7) is 8.67. The van der Waals surface area contributed by atoms with Crippen LogP contribution in [-0.4, -0.2) is 48.8 Å². The summed E-state index contributed by atoms with van der Waals surface area (Å²) in [5.74, 6) is 0.836. The maximum atomic E-state index is 8.46. The molecule has 1 unspecified atom stereocenters. The summed E-state index contributed by atoms with van der Waals surface area (Å²) in [4.78, 5) is 2.14. The maximum absolute atomic E-state index is 8.46. The Morgan fingerprint density at radius 1 is 1.44 bits per heavy atom. The molecular weight excluding hydrogens is 206 g/mol. The Morgan fingerprint density at radius 2 is 2.06 bits per heavy atom. The predicted molar refractivity (Wildman–Crippen MR) is 65.8 cm³/mol. The molecule has 3 N–H and O–H groups in total. The SMILES string of the molecule is CC(C)COCCN(C)C(C)CC(N)=NO. The van der Waals surface area contributed by atoms with E-state index < -0.39 is 0 Å². The molecule has 1 atom stereocenters. The van der Waals surface area contributed by atoms with Gasteiger partial charge in [0.2, 0.25) is 0 Å². The standard InChI is InChI=1S/C11H25N3O2/c1-9(2)8-16-6-5-14(4)10(3)7-11(12)13-15/h9-10,15H,5-8H2,1-4H3,(H2,12,13). The van der Waals surface area contributed by atoms with Crippen LogP contribution in [0, 0.1) is 5.92 Å². The number of rotatable bonds is 8. The quantitative estimate of drug-likeness (QED) is 0.216. The summed E-state index contributed by atoms with van der Waals surface area (Å²) < 4.78 is 5.49. The van der Waals surface area contributed by atoms with Gasteiger partial charge in [0.15, 0.2) is 0 Å². The van der Waals surface area contributed by atoms with Gasteiger partial charge in [-0.15, -0.1) is 0 Å². The molecule has 0 rings (SSSR count). The van der Waals surface area contributed by atoms with E-state index in [1.807, 2.05) is 14.0 Å². The van der Waals surface area contributed by atoms with Gasteiger partial charge in [-0.05, 0) is 19.9 Å². The van der Waals surface area contributed by atoms with E-state index in [2.05, 4.69) is 23.9 Å². The lowest BCUT2D eigenvalue weighted by molar-refractivity contribution is 0.0838. The van der Waals surface area contributed by atoms with Crippen LogP contribution in [0.15, 0.2) is 5.16 Å². The lowest BCUT2D eigenvalue weighted by Gasteiger charge is -2.24. The summed E-state index contributed by atoms with van der Waals surface area (Å²) in [5.41, 5.74) is 5.45. The molecule has 0 saturated carbocycles. The van der Waals surface area contributed by atoms with E-state index >= 15 is 0 Å². The second kappa shape index (κ2) is 8.35. The lowest BCUT2D eigenvalue weighted by atomic mass is 10.2. The van der Waals surface area contributed by atoms with Crippen LogP contribution < -0.4 is 5.73 Å². The van der Waals surface area contributed by atoms with Crippen LogP contribution in [0.25, 0.3) is 0 Å². The Balaban J connectivity index is 3.67. The summed E-state index contributed by atoms with van der Waals surface area (Å²) in [6, 6.07) is 0.249. The van der Waals surface area contributed by atoms with Gasteiger partial charge in [0, 0.05) is 25.6 Å². The largest absolute Gasteiger partial charge is 0.409 e. The first-order valence-electron chi connectivity index (χ1n) is 5.71. The topological polar surface area (TPSA) is 71.1 Å². The molecule has 5 nitrogen and oxygen atoms in total. The highest BCUT2D eigenvalue weighted by Crippen LogP contribution is 2.01. The number of nitrogens with two attached hydrogens (primary N) is 1. The molecule has 5 heteroatoms. The third-order valence-electron chi connectivity index (χ3n) is 2.42. The number of ether oxygens (including phenoxy) is 1. The molecule has 0 heterocycles. The molecule has 0 saturated heterocycles. The van der Waals surface area contributed by atoms with E-state index in [4.69, 9.17) is 15.7 Å². The second-order valence-corrected chi connectivity index (χ2v) is 4.59. The Morgan fingerprint density at radius 3 is 2.56 bits per heavy atom. The van der Waals surface area contributed by atoms with Crippen LogP contribution in [0.1, 0.15) is 27.2 Å². The first-order chi connectivity index (χ1) is 7.47. The average Bonchev–Trinajstić information content (AvgIpc) is 2.23. The van der Waals surface area contributed by atoms with Crippen LogP contribution in [0.2, 0.25) is 0 Å². The van der Waals surface area contributed by atoms with Gasteiger partial charge in [-0.3, -0.25) is 0 Å². The molecule has 0 aliphatic carbocycles. The molecule has 0 radical (unpaired) electrons. The van der Waals surface area contributed by atoms with Gasteiger partial charge in [0.1, 0.15) is 5.84 Å². The molecule has 0 fully saturated rings. The zero-order valence-electron chi connectivity index (χ0n) is 10.8. The van der Waals surface area contributed by atoms with Crippen molar-refractivity contribution in [2.24, 2.45) is 16.8 Å². The van der Waals surface area contributed by atoms with Crippen molar-refractivity contribution in [3.05, 3.63) is 0 Å². The van der Waals surface area contributed by atoms with Gasteiger partial charge in [0.05, 0.1) is 6.61 Å². The van der Waals surface area contributed by atoms with Crippen molar-refractivity contribution < 1.29 is 9.94 Å². The summed E-state index contributed by atoms with van der Waals surface area (Å²) in [6.07, 6.45) is 0.567. The van der Waals surface area contributed by atoms with Crippen LogP contribution in [-0.2, 0) is 4.74 Å². The van der Waals surface area contributed by atoms with E-state index in [0.717, 1.165) is 19.8 Å². The van der Waals surface area contributed by atoms with Crippen LogP contribution in [0.4, 0.5) is 0 Å². The molecule has 0 aromatic rings. The van der Waals surface area contributed by atoms with Gasteiger partial charge < -0.3 is 20.6 Å². The Kier molecular flexibility index (Phi) is 7.93. The lowest BCUT2D eigenvalue weighted by Crippen LogP contribution is -2.35. The number of amidine groups is 1. The second-order valence-electron chi connectivity index (χ2n) is 4.59. The molecule has 0 aliphatic rings. The van der Waals surface area contributed by atoms with E-state index in [9.17, 15) is 0 Å². The smallest absolute Gasteiger partial charge is 0.140 e. The van der Waals surface area contributed by atoms with Crippen molar-refractivity contribution in [2.75, 3.05) is 26.8 Å². The normalized spacial score (nSPS) is 14.8. The van der Waals surface area contributed by atoms with Gasteiger partial charge in [-0.1, -0.05) is 19.0 Å². The summed E-state index contributed by atoms with van der Waals surface area (Å²) in [7, 11) is 2.01. The number of hydrogen-bond acceptors (Lipinski definition) is 4. The van der Waals surface area contributed by atoms with Gasteiger partial charge in [-0.2, -0.15) is 0 Å². The van der Waals surface area contributed by atoms with E-state index in [1.54, 1.807) is 0 Å². The van der Waals surface area contributed by atoms with Gasteiger partial charge in [-0.25, -0.2) is 0 Å². The molecule has 0 amide bonds. The molecule has 0 aromatic heterocycles. The molecule has 0 spiro atoms. The van der Waals surface area contributed by atoms with Crippen molar-refractivity contribution in [1.82, 2.24) is 4.90 Å². The zero-order chi connectivity index (χ0) is 12.6. The molecule has 0 aromatic carbocycles. The monoisotopic (exact) mass is 231 g/mol. The first kappa shape index (κ1) is 15.2. The fourth-order valence-corrected chi connectivity index (χ4v) is 1.25. The average molecular weight is 231 g/mol. The predicted octanol–water partition coefficient (Wildman–Crippen LogP) is 1.12. The molecular formula is C11H25N3O2. The number of likely N-dealkylation sites (N-methyl/N-ethyl adjacent to an activating group) is 1. The molecule has 16 heavy (non-hydrogen) atoms. The van der Waals surface area contributed by atoms with Crippen LogP contribution in [0.3, 0.4) is 0 Å². The minimum atomic E-state index is 0.249. The highest BCUT2D eigenvalue weighted by atomic mass is 16.5. The van der Waals surface area contributed by atoms with Crippen molar-refractivity contribution in [2.45, 2.75) is 33.2 Å². The van der Waals surface area contributed by atoms with Gasteiger partial charge in [0.25, 0.3) is 0 Å². The highest BCUT2D eigenvalue weighted by Gasteiger charge is 2.10. The Bertz CT molecular complexity index is 207. The number of hydrogen-bond donors (Lipinski definition) is 2. The van der Waals surface area contributed by atoms with Crippen molar-refractivity contribution in [1.29, 1.82) is 0 Å². The molecule has 96 valence electrons. The fraction of sp³-hybridized carbons (Fsp3) is 0.909. The zero-order valence-corrected chi connectivity index (χ0v) is 10.8. The fourth-order valence-electron chi connectivity index (χ4n) is 1.25. The molecule has 0 aliphatic heterocycles. The van der Waals surface area contributed by atoms with Crippen LogP contribution >= 0.6 is 0 Å². The van der Waals surface area contributed by atoms with E-state index in [-0.39, 0.29) is 11.9 Å². The van der Waals surface area contributed by atoms with Gasteiger partial charge >= 0.3 is 0 Å². The first-order valence-corrected chi connectivity index (χ1v) is 5.71.